The number of rotatable bonds is 3. The number of nitrogens with one attached hydrogen (secondary N) is 1. The molecule has 1 atom stereocenters. The van der Waals surface area contributed by atoms with Gasteiger partial charge in [0.15, 0.2) is 0 Å². The Morgan fingerprint density at radius 2 is 1.97 bits per heavy atom. The normalized spacial score (nSPS) is 19.8. The zero-order chi connectivity index (χ0) is 22.0. The average Bonchev–Trinajstić information content (AvgIpc) is 3.53. The van der Waals surface area contributed by atoms with E-state index in [1.807, 2.05) is 0 Å². The number of imidazole rings is 1. The van der Waals surface area contributed by atoms with Gasteiger partial charge in [0.1, 0.15) is 16.7 Å². The molecule has 2 aromatic carbocycles. The fourth-order valence-corrected chi connectivity index (χ4v) is 5.23. The molecule has 1 unspecified atom stereocenters. The molecule has 6 nitrogen and oxygen atoms in total. The minimum atomic E-state index is -2.77. The van der Waals surface area contributed by atoms with Crippen molar-refractivity contribution in [3.63, 3.8) is 0 Å². The van der Waals surface area contributed by atoms with Crippen molar-refractivity contribution in [1.82, 2.24) is 15.0 Å². The molecule has 1 fully saturated rings. The van der Waals surface area contributed by atoms with Crippen molar-refractivity contribution in [3.8, 4) is 0 Å². The highest BCUT2D eigenvalue weighted by Crippen LogP contribution is 2.44. The van der Waals surface area contributed by atoms with E-state index < -0.39 is 24.3 Å². The smallest absolute Gasteiger partial charge is 0.271 e. The third-order valence-electron chi connectivity index (χ3n) is 6.02. The number of hydrogen-bond donors (Lipinski definition) is 1. The summed E-state index contributed by atoms with van der Waals surface area (Å²) >= 11 is 1.21. The molecule has 2 aromatic heterocycles. The van der Waals surface area contributed by atoms with Gasteiger partial charge in [-0.1, -0.05) is 6.07 Å². The molecular formula is C22H16F3N5OS. The number of carbonyl (C=O) groups is 1. The number of amides is 1. The van der Waals surface area contributed by atoms with Gasteiger partial charge in [0.2, 0.25) is 0 Å². The highest BCUT2D eigenvalue weighted by molar-refractivity contribution is 7.12. The van der Waals surface area contributed by atoms with Crippen LogP contribution < -0.4 is 9.80 Å². The summed E-state index contributed by atoms with van der Waals surface area (Å²) < 4.78 is 42.6. The first-order valence-electron chi connectivity index (χ1n) is 10.0. The molecule has 6 rings (SSSR count). The Labute approximate surface area is 184 Å². The molecule has 0 spiro atoms. The van der Waals surface area contributed by atoms with Gasteiger partial charge in [-0.3, -0.25) is 9.69 Å². The van der Waals surface area contributed by atoms with Crippen LogP contribution in [0, 0.1) is 5.82 Å². The minimum Gasteiger partial charge on any atom is -0.365 e. The number of thiazole rings is 1. The predicted molar refractivity (Wildman–Crippen MR) is 115 cm³/mol. The monoisotopic (exact) mass is 455 g/mol. The summed E-state index contributed by atoms with van der Waals surface area (Å²) in [5, 5.41) is 0. The Bertz CT molecular complexity index is 1370. The minimum absolute atomic E-state index is 0.167. The molecule has 32 heavy (non-hydrogen) atoms. The zero-order valence-electron chi connectivity index (χ0n) is 16.6. The molecule has 1 saturated heterocycles. The SMILES string of the molecule is O=C1c2scnc2C(c2ccc(N3CCC(F)(F)C3)cc2F)N1c1ccc2nc[nH]c2c1. The number of benzene rings is 2. The second kappa shape index (κ2) is 6.80. The van der Waals surface area contributed by atoms with E-state index in [0.29, 0.717) is 21.9 Å². The van der Waals surface area contributed by atoms with Crippen LogP contribution in [0.5, 0.6) is 0 Å². The maximum atomic E-state index is 15.4. The van der Waals surface area contributed by atoms with Crippen molar-refractivity contribution in [3.05, 3.63) is 70.2 Å². The summed E-state index contributed by atoms with van der Waals surface area (Å²) in [5.41, 5.74) is 4.82. The van der Waals surface area contributed by atoms with E-state index in [2.05, 4.69) is 15.0 Å². The molecule has 10 heteroatoms. The number of aromatic nitrogens is 3. The Morgan fingerprint density at radius 1 is 1.12 bits per heavy atom. The molecule has 1 N–H and O–H groups in total. The van der Waals surface area contributed by atoms with Crippen LogP contribution in [0.15, 0.2) is 48.2 Å². The molecule has 0 aliphatic carbocycles. The van der Waals surface area contributed by atoms with Crippen LogP contribution in [0.1, 0.15) is 33.4 Å². The molecule has 2 aliphatic heterocycles. The van der Waals surface area contributed by atoms with E-state index in [0.717, 1.165) is 11.0 Å². The van der Waals surface area contributed by atoms with Gasteiger partial charge < -0.3 is 9.88 Å². The van der Waals surface area contributed by atoms with Gasteiger partial charge in [-0.05, 0) is 30.3 Å². The molecule has 0 saturated carbocycles. The zero-order valence-corrected chi connectivity index (χ0v) is 17.4. The van der Waals surface area contributed by atoms with Crippen LogP contribution >= 0.6 is 11.3 Å². The molecule has 0 bridgehead atoms. The van der Waals surface area contributed by atoms with Crippen molar-refractivity contribution in [2.75, 3.05) is 22.9 Å². The lowest BCUT2D eigenvalue weighted by Gasteiger charge is -2.26. The summed E-state index contributed by atoms with van der Waals surface area (Å²) in [6, 6.07) is 9.06. The molecular weight excluding hydrogens is 439 g/mol. The number of carbonyl (C=O) groups excluding carboxylic acids is 1. The number of fused-ring (bicyclic) bond motifs is 2. The molecule has 162 valence electrons. The number of aromatic amines is 1. The first-order chi connectivity index (χ1) is 15.4. The maximum absolute atomic E-state index is 15.4. The van der Waals surface area contributed by atoms with Gasteiger partial charge in [-0.15, -0.1) is 11.3 Å². The number of halogens is 3. The van der Waals surface area contributed by atoms with Gasteiger partial charge in [0.25, 0.3) is 11.8 Å². The number of nitrogens with zero attached hydrogens (tertiary/aromatic N) is 4. The second-order valence-corrected chi connectivity index (χ2v) is 8.84. The highest BCUT2D eigenvalue weighted by atomic mass is 32.1. The summed E-state index contributed by atoms with van der Waals surface area (Å²) in [6.07, 6.45) is 1.32. The number of hydrogen-bond acceptors (Lipinski definition) is 5. The van der Waals surface area contributed by atoms with E-state index >= 15 is 4.39 Å². The Balaban J connectivity index is 1.43. The van der Waals surface area contributed by atoms with Crippen LogP contribution in [0.2, 0.25) is 0 Å². The summed E-state index contributed by atoms with van der Waals surface area (Å²) in [7, 11) is 0. The quantitative estimate of drug-likeness (QED) is 0.484. The lowest BCUT2D eigenvalue weighted by molar-refractivity contribution is 0.0257. The van der Waals surface area contributed by atoms with E-state index in [1.54, 1.807) is 42.2 Å². The lowest BCUT2D eigenvalue weighted by atomic mass is 10.0. The van der Waals surface area contributed by atoms with Crippen molar-refractivity contribution in [1.29, 1.82) is 0 Å². The number of H-pyrrole nitrogens is 1. The van der Waals surface area contributed by atoms with Crippen molar-refractivity contribution < 1.29 is 18.0 Å². The van der Waals surface area contributed by atoms with E-state index in [-0.39, 0.29) is 24.4 Å². The standard InChI is InChI=1S/C22H16F3N5OS/c23-15-7-12(29-6-5-22(24,25)9-29)1-3-14(15)19-18-20(32-11-28-18)21(31)30(19)13-2-4-16-17(8-13)27-10-26-16/h1-4,7-8,10-11,19H,5-6,9H2,(H,26,27). The third kappa shape index (κ3) is 2.89. The molecule has 4 aromatic rings. The Hall–Kier alpha value is -3.40. The van der Waals surface area contributed by atoms with E-state index in [4.69, 9.17) is 0 Å². The summed E-state index contributed by atoms with van der Waals surface area (Å²) in [4.78, 5) is 28.3. The predicted octanol–water partition coefficient (Wildman–Crippen LogP) is 4.75. The summed E-state index contributed by atoms with van der Waals surface area (Å²) in [6.45, 7) is -0.263. The molecule has 4 heterocycles. The van der Waals surface area contributed by atoms with Gasteiger partial charge in [-0.25, -0.2) is 23.1 Å². The van der Waals surface area contributed by atoms with Crippen molar-refractivity contribution in [2.24, 2.45) is 0 Å². The van der Waals surface area contributed by atoms with Crippen LogP contribution in [0.25, 0.3) is 11.0 Å². The first-order valence-corrected chi connectivity index (χ1v) is 10.9. The molecule has 0 radical (unpaired) electrons. The molecule has 1 amide bonds. The number of alkyl halides is 2. The second-order valence-electron chi connectivity index (χ2n) is 7.98. The van der Waals surface area contributed by atoms with Crippen LogP contribution in [0.4, 0.5) is 24.5 Å². The van der Waals surface area contributed by atoms with Crippen molar-refractivity contribution in [2.45, 2.75) is 18.4 Å². The number of anilines is 2. The van der Waals surface area contributed by atoms with Gasteiger partial charge in [0.05, 0.1) is 35.1 Å². The third-order valence-corrected chi connectivity index (χ3v) is 6.85. The maximum Gasteiger partial charge on any atom is 0.271 e. The van der Waals surface area contributed by atoms with Crippen LogP contribution in [-0.2, 0) is 0 Å². The first kappa shape index (κ1) is 19.3. The van der Waals surface area contributed by atoms with Gasteiger partial charge in [-0.2, -0.15) is 0 Å². The van der Waals surface area contributed by atoms with Crippen LogP contribution in [0.3, 0.4) is 0 Å². The summed E-state index contributed by atoms with van der Waals surface area (Å²) in [5.74, 6) is -3.59. The Morgan fingerprint density at radius 3 is 2.75 bits per heavy atom. The Kier molecular flexibility index (Phi) is 4.10. The fourth-order valence-electron chi connectivity index (χ4n) is 4.48. The average molecular weight is 455 g/mol. The van der Waals surface area contributed by atoms with E-state index in [9.17, 15) is 13.6 Å². The van der Waals surface area contributed by atoms with Gasteiger partial charge in [0, 0.05) is 29.9 Å². The van der Waals surface area contributed by atoms with Crippen LogP contribution in [-0.4, -0.2) is 39.9 Å². The highest BCUT2D eigenvalue weighted by Gasteiger charge is 2.43. The van der Waals surface area contributed by atoms with Gasteiger partial charge >= 0.3 is 0 Å². The van der Waals surface area contributed by atoms with E-state index in [1.165, 1.54) is 27.2 Å². The van der Waals surface area contributed by atoms with Crippen molar-refractivity contribution >= 4 is 39.7 Å². The topological polar surface area (TPSA) is 65.1 Å². The fraction of sp³-hybridized carbons (Fsp3) is 0.227. The largest absolute Gasteiger partial charge is 0.365 e. The lowest BCUT2D eigenvalue weighted by Crippen LogP contribution is -2.29. The molecule has 2 aliphatic rings.